The van der Waals surface area contributed by atoms with Gasteiger partial charge in [-0.05, 0) is 42.0 Å². The lowest BCUT2D eigenvalue weighted by Gasteiger charge is -2.44. The van der Waals surface area contributed by atoms with E-state index in [1.54, 1.807) is 14.2 Å². The van der Waals surface area contributed by atoms with E-state index < -0.39 is 0 Å². The predicted octanol–water partition coefficient (Wildman–Crippen LogP) is 2.15. The third-order valence-corrected chi connectivity index (χ3v) is 4.85. The van der Waals surface area contributed by atoms with Gasteiger partial charge in [0.25, 0.3) is 0 Å². The maximum Gasteiger partial charge on any atom is 0.240 e. The lowest BCUT2D eigenvalue weighted by molar-refractivity contribution is -0.140. The van der Waals surface area contributed by atoms with Gasteiger partial charge in [0.05, 0.1) is 26.3 Å². The fourth-order valence-electron chi connectivity index (χ4n) is 3.71. The van der Waals surface area contributed by atoms with Gasteiger partial charge in [0.1, 0.15) is 0 Å². The Morgan fingerprint density at radius 1 is 1.26 bits per heavy atom. The molecule has 3 rings (SSSR count). The van der Waals surface area contributed by atoms with Crippen LogP contribution < -0.4 is 14.8 Å². The molecule has 2 aliphatic heterocycles. The molecule has 1 saturated heterocycles. The molecule has 0 aromatic heterocycles. The van der Waals surface area contributed by atoms with E-state index in [4.69, 9.17) is 9.47 Å². The van der Waals surface area contributed by atoms with Gasteiger partial charge in [-0.15, -0.1) is 0 Å². The van der Waals surface area contributed by atoms with Gasteiger partial charge in [-0.1, -0.05) is 13.8 Å². The summed E-state index contributed by atoms with van der Waals surface area (Å²) in [7, 11) is 3.30. The largest absolute Gasteiger partial charge is 0.493 e. The smallest absolute Gasteiger partial charge is 0.240 e. The van der Waals surface area contributed by atoms with E-state index in [2.05, 4.69) is 25.2 Å². The first-order chi connectivity index (χ1) is 11.0. The second-order valence-electron chi connectivity index (χ2n) is 6.79. The topological polar surface area (TPSA) is 50.8 Å². The highest BCUT2D eigenvalue weighted by Crippen LogP contribution is 2.39. The zero-order valence-electron chi connectivity index (χ0n) is 14.4. The summed E-state index contributed by atoms with van der Waals surface area (Å²) in [6.45, 7) is 5.89. The Hall–Kier alpha value is -1.75. The number of nitrogens with one attached hydrogen (secondary N) is 1. The van der Waals surface area contributed by atoms with Crippen LogP contribution in [0.1, 0.15) is 37.4 Å². The Labute approximate surface area is 137 Å². The fraction of sp³-hybridized carbons (Fsp3) is 0.611. The summed E-state index contributed by atoms with van der Waals surface area (Å²) in [5.74, 6) is 2.22. The van der Waals surface area contributed by atoms with Crippen LogP contribution in [0, 0.1) is 5.92 Å². The number of carbonyl (C=O) groups is 1. The first-order valence-corrected chi connectivity index (χ1v) is 8.33. The molecule has 0 bridgehead atoms. The summed E-state index contributed by atoms with van der Waals surface area (Å²) in [6.07, 6.45) is 1.76. The van der Waals surface area contributed by atoms with E-state index in [1.807, 2.05) is 11.0 Å². The van der Waals surface area contributed by atoms with Gasteiger partial charge in [-0.25, -0.2) is 0 Å². The summed E-state index contributed by atoms with van der Waals surface area (Å²) >= 11 is 0. The number of nitrogens with zero attached hydrogens (tertiary/aromatic N) is 1. The number of amides is 1. The molecule has 5 nitrogen and oxygen atoms in total. The van der Waals surface area contributed by atoms with Crippen molar-refractivity contribution in [2.24, 2.45) is 5.92 Å². The third kappa shape index (κ3) is 2.90. The molecule has 1 amide bonds. The number of ether oxygens (including phenoxy) is 2. The zero-order valence-corrected chi connectivity index (χ0v) is 14.4. The second kappa shape index (κ2) is 6.40. The maximum absolute atomic E-state index is 12.8. The molecule has 0 saturated carbocycles. The molecule has 0 unspecified atom stereocenters. The van der Waals surface area contributed by atoms with Gasteiger partial charge in [-0.2, -0.15) is 0 Å². The Kier molecular flexibility index (Phi) is 4.48. The summed E-state index contributed by atoms with van der Waals surface area (Å²) in [5, 5.41) is 3.44. The van der Waals surface area contributed by atoms with Gasteiger partial charge in [0.15, 0.2) is 11.5 Å². The zero-order chi connectivity index (χ0) is 16.6. The van der Waals surface area contributed by atoms with Gasteiger partial charge in [0, 0.05) is 13.1 Å². The fourth-order valence-corrected chi connectivity index (χ4v) is 3.71. The van der Waals surface area contributed by atoms with Crippen molar-refractivity contribution in [1.82, 2.24) is 10.2 Å². The highest BCUT2D eigenvalue weighted by molar-refractivity contribution is 5.83. The maximum atomic E-state index is 12.8. The van der Waals surface area contributed by atoms with Crippen LogP contribution in [-0.2, 0) is 11.2 Å². The molecule has 126 valence electrons. The first-order valence-electron chi connectivity index (χ1n) is 8.33. The molecule has 1 fully saturated rings. The number of piperazine rings is 1. The minimum atomic E-state index is -0.0482. The lowest BCUT2D eigenvalue weighted by atomic mass is 9.88. The molecule has 0 spiro atoms. The number of hydrogen-bond acceptors (Lipinski definition) is 4. The molecule has 0 aliphatic carbocycles. The van der Waals surface area contributed by atoms with Crippen LogP contribution >= 0.6 is 0 Å². The van der Waals surface area contributed by atoms with E-state index in [9.17, 15) is 4.79 Å². The monoisotopic (exact) mass is 318 g/mol. The van der Waals surface area contributed by atoms with Gasteiger partial charge in [0.2, 0.25) is 5.91 Å². The van der Waals surface area contributed by atoms with Gasteiger partial charge >= 0.3 is 0 Å². The highest BCUT2D eigenvalue weighted by Gasteiger charge is 2.39. The van der Waals surface area contributed by atoms with Crippen molar-refractivity contribution in [3.8, 4) is 11.5 Å². The van der Waals surface area contributed by atoms with E-state index in [-0.39, 0.29) is 18.0 Å². The molecule has 1 aromatic rings. The molecule has 1 aromatic carbocycles. The van der Waals surface area contributed by atoms with E-state index in [0.29, 0.717) is 5.92 Å². The van der Waals surface area contributed by atoms with Crippen molar-refractivity contribution in [2.75, 3.05) is 27.3 Å². The van der Waals surface area contributed by atoms with Crippen molar-refractivity contribution in [2.45, 2.75) is 38.8 Å². The molecular weight excluding hydrogens is 292 g/mol. The molecule has 2 atom stereocenters. The molecule has 2 heterocycles. The summed E-state index contributed by atoms with van der Waals surface area (Å²) < 4.78 is 10.8. The summed E-state index contributed by atoms with van der Waals surface area (Å²) in [6, 6.07) is 4.13. The number of rotatable bonds is 4. The Morgan fingerprint density at radius 3 is 2.61 bits per heavy atom. The number of benzene rings is 1. The summed E-state index contributed by atoms with van der Waals surface area (Å²) in [4.78, 5) is 14.8. The van der Waals surface area contributed by atoms with Crippen LogP contribution in [0.3, 0.4) is 0 Å². The molecule has 2 aliphatic rings. The quantitative estimate of drug-likeness (QED) is 0.924. The number of hydrogen-bond donors (Lipinski definition) is 1. The van der Waals surface area contributed by atoms with E-state index in [0.717, 1.165) is 37.4 Å². The van der Waals surface area contributed by atoms with Crippen molar-refractivity contribution in [3.05, 3.63) is 23.3 Å². The summed E-state index contributed by atoms with van der Waals surface area (Å²) in [5.41, 5.74) is 2.43. The number of carbonyl (C=O) groups excluding carboxylic acids is 1. The molecule has 23 heavy (non-hydrogen) atoms. The lowest BCUT2D eigenvalue weighted by Crippen LogP contribution is -2.58. The van der Waals surface area contributed by atoms with Crippen LogP contribution in [0.15, 0.2) is 12.1 Å². The van der Waals surface area contributed by atoms with Crippen molar-refractivity contribution in [3.63, 3.8) is 0 Å². The minimum Gasteiger partial charge on any atom is -0.493 e. The average Bonchev–Trinajstić information content (AvgIpc) is 2.55. The van der Waals surface area contributed by atoms with Gasteiger partial charge < -0.3 is 19.7 Å². The van der Waals surface area contributed by atoms with Crippen LogP contribution in [-0.4, -0.2) is 44.2 Å². The highest BCUT2D eigenvalue weighted by atomic mass is 16.5. The van der Waals surface area contributed by atoms with Crippen LogP contribution in [0.5, 0.6) is 11.5 Å². The van der Waals surface area contributed by atoms with Gasteiger partial charge in [-0.3, -0.25) is 4.79 Å². The molecular formula is C18H26N2O3. The SMILES string of the molecule is COc1cc2c(cc1OC)[C@H]1CN[C@H](CC(C)C)C(=O)N1CC2. The molecule has 5 heteroatoms. The van der Waals surface area contributed by atoms with Crippen LogP contribution in [0.25, 0.3) is 0 Å². The standard InChI is InChI=1S/C18H26N2O3/c1-11(2)7-14-18(21)20-6-5-12-8-16(22-3)17(23-4)9-13(12)15(20)10-19-14/h8-9,11,14-15,19H,5-7,10H2,1-4H3/t14-,15-/m1/s1. The Morgan fingerprint density at radius 2 is 1.96 bits per heavy atom. The van der Waals surface area contributed by atoms with Crippen molar-refractivity contribution >= 4 is 5.91 Å². The van der Waals surface area contributed by atoms with Crippen molar-refractivity contribution < 1.29 is 14.3 Å². The normalized spacial score (nSPS) is 23.5. The first kappa shape index (κ1) is 16.1. The Bertz CT molecular complexity index is 600. The Balaban J connectivity index is 1.89. The predicted molar refractivity (Wildman–Crippen MR) is 88.9 cm³/mol. The second-order valence-corrected chi connectivity index (χ2v) is 6.79. The van der Waals surface area contributed by atoms with E-state index >= 15 is 0 Å². The van der Waals surface area contributed by atoms with Crippen LogP contribution in [0.4, 0.5) is 0 Å². The van der Waals surface area contributed by atoms with E-state index in [1.165, 1.54) is 11.1 Å². The number of methoxy groups -OCH3 is 2. The number of fused-ring (bicyclic) bond motifs is 3. The van der Waals surface area contributed by atoms with Crippen molar-refractivity contribution in [1.29, 1.82) is 0 Å². The minimum absolute atomic E-state index is 0.0482. The third-order valence-electron chi connectivity index (χ3n) is 4.85. The average molecular weight is 318 g/mol. The molecule has 1 N–H and O–H groups in total. The van der Waals surface area contributed by atoms with Crippen LogP contribution in [0.2, 0.25) is 0 Å². The molecule has 0 radical (unpaired) electrons.